The average molecular weight is 367 g/mol. The Morgan fingerprint density at radius 1 is 1.36 bits per heavy atom. The number of hydrogen-bond acceptors (Lipinski definition) is 4. The number of nitrogens with one attached hydrogen (secondary N) is 1. The first-order valence-corrected chi connectivity index (χ1v) is 10.1. The van der Waals surface area contributed by atoms with Crippen LogP contribution in [-0.4, -0.2) is 53.5 Å². The van der Waals surface area contributed by atoms with Gasteiger partial charge in [-0.3, -0.25) is 9.89 Å². The number of rotatable bonds is 4. The zero-order chi connectivity index (χ0) is 18.2. The highest BCUT2D eigenvalue weighted by molar-refractivity contribution is 7.92. The van der Waals surface area contributed by atoms with E-state index in [1.807, 2.05) is 13.8 Å². The summed E-state index contributed by atoms with van der Waals surface area (Å²) in [5.74, 6) is -0.370. The van der Waals surface area contributed by atoms with Gasteiger partial charge in [0.15, 0.2) is 15.5 Å². The molecule has 0 spiro atoms. The molecule has 0 unspecified atom stereocenters. The molecular formula is C17H22FN3O3S. The lowest BCUT2D eigenvalue weighted by molar-refractivity contribution is 0.0721. The van der Waals surface area contributed by atoms with Crippen LogP contribution in [0.15, 0.2) is 18.2 Å². The van der Waals surface area contributed by atoms with Gasteiger partial charge in [-0.15, -0.1) is 0 Å². The van der Waals surface area contributed by atoms with Gasteiger partial charge in [-0.1, -0.05) is 13.8 Å². The van der Waals surface area contributed by atoms with Crippen molar-refractivity contribution in [3.8, 4) is 0 Å². The van der Waals surface area contributed by atoms with Crippen LogP contribution in [0.25, 0.3) is 10.9 Å². The number of benzene rings is 1. The van der Waals surface area contributed by atoms with E-state index in [1.54, 1.807) is 4.90 Å². The SMILES string of the molecule is CC(C)CS(=O)(=O)C1CCN(C(=O)c2n[nH]c3cc(F)ccc23)CC1. The Labute approximate surface area is 146 Å². The maximum Gasteiger partial charge on any atom is 0.274 e. The lowest BCUT2D eigenvalue weighted by Crippen LogP contribution is -2.43. The van der Waals surface area contributed by atoms with Crippen LogP contribution in [0, 0.1) is 11.7 Å². The molecule has 0 atom stereocenters. The molecule has 3 rings (SSSR count). The van der Waals surface area contributed by atoms with E-state index in [1.165, 1.54) is 18.2 Å². The normalized spacial score (nSPS) is 16.7. The summed E-state index contributed by atoms with van der Waals surface area (Å²) in [7, 11) is -3.13. The summed E-state index contributed by atoms with van der Waals surface area (Å²) in [6.07, 6.45) is 0.884. The molecule has 6 nitrogen and oxygen atoms in total. The molecule has 25 heavy (non-hydrogen) atoms. The number of aromatic nitrogens is 2. The molecule has 1 fully saturated rings. The van der Waals surface area contributed by atoms with Gasteiger partial charge in [0.25, 0.3) is 5.91 Å². The lowest BCUT2D eigenvalue weighted by atomic mass is 10.1. The number of carbonyl (C=O) groups excluding carboxylic acids is 1. The molecule has 1 aliphatic heterocycles. The van der Waals surface area contributed by atoms with Gasteiger partial charge in [0, 0.05) is 18.5 Å². The Kier molecular flexibility index (Phi) is 4.81. The predicted octanol–water partition coefficient (Wildman–Crippen LogP) is 2.38. The molecule has 1 aromatic heterocycles. The number of aromatic amines is 1. The van der Waals surface area contributed by atoms with Gasteiger partial charge in [-0.2, -0.15) is 5.10 Å². The van der Waals surface area contributed by atoms with Gasteiger partial charge >= 0.3 is 0 Å². The maximum absolute atomic E-state index is 13.2. The van der Waals surface area contributed by atoms with E-state index < -0.39 is 15.7 Å². The number of hydrogen-bond donors (Lipinski definition) is 1. The summed E-state index contributed by atoms with van der Waals surface area (Å²) in [6, 6.07) is 4.12. The Bertz CT molecular complexity index is 884. The molecule has 136 valence electrons. The summed E-state index contributed by atoms with van der Waals surface area (Å²) in [5, 5.41) is 6.87. The molecule has 8 heteroatoms. The summed E-state index contributed by atoms with van der Waals surface area (Å²) in [4.78, 5) is 14.3. The highest BCUT2D eigenvalue weighted by Gasteiger charge is 2.33. The molecule has 0 aliphatic carbocycles. The second-order valence-electron chi connectivity index (χ2n) is 6.98. The van der Waals surface area contributed by atoms with Gasteiger partial charge in [-0.25, -0.2) is 12.8 Å². The first-order chi connectivity index (χ1) is 11.8. The minimum absolute atomic E-state index is 0.0977. The Hall–Kier alpha value is -1.96. The standard InChI is InChI=1S/C17H22FN3O3S/c1-11(2)10-25(23,24)13-5-7-21(8-6-13)17(22)16-14-4-3-12(18)9-15(14)19-20-16/h3-4,9,11,13H,5-8,10H2,1-2H3,(H,19,20). The van der Waals surface area contributed by atoms with Gasteiger partial charge < -0.3 is 4.90 Å². The van der Waals surface area contributed by atoms with Gasteiger partial charge in [0.05, 0.1) is 16.5 Å². The zero-order valence-corrected chi connectivity index (χ0v) is 15.1. The fourth-order valence-electron chi connectivity index (χ4n) is 3.32. The van der Waals surface area contributed by atoms with Crippen molar-refractivity contribution in [2.45, 2.75) is 31.9 Å². The van der Waals surface area contributed by atoms with E-state index in [9.17, 15) is 17.6 Å². The number of halogens is 1. The number of H-pyrrole nitrogens is 1. The second-order valence-corrected chi connectivity index (χ2v) is 9.30. The number of fused-ring (bicyclic) bond motifs is 1. The van der Waals surface area contributed by atoms with Crippen molar-refractivity contribution in [1.29, 1.82) is 0 Å². The Morgan fingerprint density at radius 2 is 2.04 bits per heavy atom. The molecule has 0 bridgehead atoms. The monoisotopic (exact) mass is 367 g/mol. The molecule has 1 N–H and O–H groups in total. The fourth-order valence-corrected chi connectivity index (χ4v) is 5.45. The van der Waals surface area contributed by atoms with E-state index in [0.29, 0.717) is 36.8 Å². The highest BCUT2D eigenvalue weighted by atomic mass is 32.2. The topological polar surface area (TPSA) is 83.1 Å². The van der Waals surface area contributed by atoms with E-state index >= 15 is 0 Å². The number of piperidine rings is 1. The number of nitrogens with zero attached hydrogens (tertiary/aromatic N) is 2. The minimum atomic E-state index is -3.13. The van der Waals surface area contributed by atoms with Crippen LogP contribution in [0.1, 0.15) is 37.2 Å². The molecule has 1 amide bonds. The third kappa shape index (κ3) is 3.68. The number of amides is 1. The maximum atomic E-state index is 13.2. The van der Waals surface area contributed by atoms with Crippen molar-refractivity contribution in [1.82, 2.24) is 15.1 Å². The summed E-state index contributed by atoms with van der Waals surface area (Å²) in [5.41, 5.74) is 0.719. The van der Waals surface area contributed by atoms with Crippen molar-refractivity contribution in [2.75, 3.05) is 18.8 Å². The van der Waals surface area contributed by atoms with Crippen molar-refractivity contribution < 1.29 is 17.6 Å². The first kappa shape index (κ1) is 17.8. The molecule has 2 heterocycles. The number of likely N-dealkylation sites (tertiary alicyclic amines) is 1. The third-order valence-electron chi connectivity index (χ3n) is 4.53. The van der Waals surface area contributed by atoms with Crippen LogP contribution in [0.4, 0.5) is 4.39 Å². The summed E-state index contributed by atoms with van der Waals surface area (Å²) in [6.45, 7) is 4.55. The molecule has 0 radical (unpaired) electrons. The van der Waals surface area contributed by atoms with Crippen molar-refractivity contribution in [2.24, 2.45) is 5.92 Å². The van der Waals surface area contributed by atoms with Crippen LogP contribution >= 0.6 is 0 Å². The molecular weight excluding hydrogens is 345 g/mol. The Balaban J connectivity index is 1.71. The third-order valence-corrected chi connectivity index (χ3v) is 7.15. The molecule has 1 aliphatic rings. The van der Waals surface area contributed by atoms with Crippen molar-refractivity contribution in [3.05, 3.63) is 29.7 Å². The molecule has 1 saturated heterocycles. The lowest BCUT2D eigenvalue weighted by Gasteiger charge is -2.31. The molecule has 2 aromatic rings. The largest absolute Gasteiger partial charge is 0.337 e. The van der Waals surface area contributed by atoms with E-state index in [0.717, 1.165) is 0 Å². The van der Waals surface area contributed by atoms with Crippen LogP contribution in [0.2, 0.25) is 0 Å². The highest BCUT2D eigenvalue weighted by Crippen LogP contribution is 2.23. The molecule has 0 saturated carbocycles. The quantitative estimate of drug-likeness (QED) is 0.899. The fraction of sp³-hybridized carbons (Fsp3) is 0.529. The van der Waals surface area contributed by atoms with E-state index in [-0.39, 0.29) is 28.5 Å². The zero-order valence-electron chi connectivity index (χ0n) is 14.3. The minimum Gasteiger partial charge on any atom is -0.337 e. The van der Waals surface area contributed by atoms with Crippen LogP contribution in [0.3, 0.4) is 0 Å². The summed E-state index contributed by atoms with van der Waals surface area (Å²) >= 11 is 0. The van der Waals surface area contributed by atoms with Crippen LogP contribution in [0.5, 0.6) is 0 Å². The number of carbonyl (C=O) groups is 1. The van der Waals surface area contributed by atoms with Crippen molar-refractivity contribution >= 4 is 26.6 Å². The molecule has 1 aromatic carbocycles. The van der Waals surface area contributed by atoms with Crippen LogP contribution in [-0.2, 0) is 9.84 Å². The summed E-state index contributed by atoms with van der Waals surface area (Å²) < 4.78 is 37.9. The Morgan fingerprint density at radius 3 is 2.68 bits per heavy atom. The van der Waals surface area contributed by atoms with E-state index in [2.05, 4.69) is 10.2 Å². The van der Waals surface area contributed by atoms with Crippen LogP contribution < -0.4 is 0 Å². The smallest absolute Gasteiger partial charge is 0.274 e. The van der Waals surface area contributed by atoms with Gasteiger partial charge in [0.1, 0.15) is 5.82 Å². The van der Waals surface area contributed by atoms with Gasteiger partial charge in [-0.05, 0) is 37.0 Å². The average Bonchev–Trinajstić information content (AvgIpc) is 2.96. The van der Waals surface area contributed by atoms with Gasteiger partial charge in [0.2, 0.25) is 0 Å². The number of sulfone groups is 1. The van der Waals surface area contributed by atoms with Crippen molar-refractivity contribution in [3.63, 3.8) is 0 Å². The predicted molar refractivity (Wildman–Crippen MR) is 93.6 cm³/mol. The van der Waals surface area contributed by atoms with E-state index in [4.69, 9.17) is 0 Å². The second kappa shape index (κ2) is 6.74. The first-order valence-electron chi connectivity index (χ1n) is 8.42.